The molecule has 1 aromatic carbocycles. The zero-order chi connectivity index (χ0) is 13.2. The van der Waals surface area contributed by atoms with Crippen LogP contribution in [0.4, 0.5) is 5.13 Å². The van der Waals surface area contributed by atoms with E-state index in [1.165, 1.54) is 23.1 Å². The van der Waals surface area contributed by atoms with Gasteiger partial charge < -0.3 is 5.32 Å². The van der Waals surface area contributed by atoms with Gasteiger partial charge in [-0.2, -0.15) is 4.99 Å². The summed E-state index contributed by atoms with van der Waals surface area (Å²) in [7, 11) is 0. The molecule has 1 fully saturated rings. The fourth-order valence-corrected chi connectivity index (χ4v) is 3.10. The van der Waals surface area contributed by atoms with Crippen LogP contribution >= 0.6 is 34.7 Å². The molecule has 1 N–H and O–H groups in total. The van der Waals surface area contributed by atoms with Crippen molar-refractivity contribution in [3.8, 4) is 11.3 Å². The van der Waals surface area contributed by atoms with Crippen molar-refractivity contribution in [2.45, 2.75) is 0 Å². The molecule has 2 heterocycles. The summed E-state index contributed by atoms with van der Waals surface area (Å²) in [6, 6.07) is 7.49. The van der Waals surface area contributed by atoms with E-state index in [0.29, 0.717) is 21.1 Å². The van der Waals surface area contributed by atoms with E-state index in [1.807, 2.05) is 29.6 Å². The first kappa shape index (κ1) is 12.7. The molecule has 1 amide bonds. The Hall–Kier alpha value is -1.37. The van der Waals surface area contributed by atoms with Crippen LogP contribution in [0.15, 0.2) is 34.6 Å². The first-order valence-corrected chi connectivity index (χ1v) is 7.68. The van der Waals surface area contributed by atoms with Gasteiger partial charge in [0.2, 0.25) is 11.0 Å². The quantitative estimate of drug-likeness (QED) is 0.926. The van der Waals surface area contributed by atoms with Crippen LogP contribution in [0.3, 0.4) is 0 Å². The number of benzene rings is 1. The fourth-order valence-electron chi connectivity index (χ4n) is 1.54. The SMILES string of the molecule is O=C1CSC(=Nc2nc(-c3ccc(Cl)cc3)cs2)N1. The Balaban J connectivity index is 1.83. The highest BCUT2D eigenvalue weighted by Crippen LogP contribution is 2.28. The maximum Gasteiger partial charge on any atom is 0.236 e. The number of nitrogens with zero attached hydrogens (tertiary/aromatic N) is 2. The Labute approximate surface area is 122 Å². The van der Waals surface area contributed by atoms with E-state index in [-0.39, 0.29) is 5.91 Å². The molecule has 3 rings (SSSR count). The molecule has 1 saturated heterocycles. The first-order chi connectivity index (χ1) is 9.20. The zero-order valence-corrected chi connectivity index (χ0v) is 12.0. The lowest BCUT2D eigenvalue weighted by Gasteiger charge is -1.95. The van der Waals surface area contributed by atoms with Gasteiger partial charge in [0.05, 0.1) is 11.4 Å². The van der Waals surface area contributed by atoms with Crippen molar-refractivity contribution in [3.63, 3.8) is 0 Å². The summed E-state index contributed by atoms with van der Waals surface area (Å²) in [6.07, 6.45) is 0. The van der Waals surface area contributed by atoms with Gasteiger partial charge in [-0.25, -0.2) is 4.98 Å². The number of carbonyl (C=O) groups excluding carboxylic acids is 1. The van der Waals surface area contributed by atoms with E-state index in [2.05, 4.69) is 15.3 Å². The second kappa shape index (κ2) is 5.32. The van der Waals surface area contributed by atoms with E-state index >= 15 is 0 Å². The molecule has 0 atom stereocenters. The lowest BCUT2D eigenvalue weighted by molar-refractivity contribution is -0.116. The normalized spacial score (nSPS) is 16.9. The number of thiazole rings is 1. The van der Waals surface area contributed by atoms with Gasteiger partial charge in [-0.05, 0) is 12.1 Å². The van der Waals surface area contributed by atoms with Gasteiger partial charge >= 0.3 is 0 Å². The minimum Gasteiger partial charge on any atom is -0.304 e. The summed E-state index contributed by atoms with van der Waals surface area (Å²) in [5, 5.41) is 6.56. The van der Waals surface area contributed by atoms with Crippen LogP contribution < -0.4 is 5.32 Å². The summed E-state index contributed by atoms with van der Waals surface area (Å²) in [6.45, 7) is 0. The number of halogens is 1. The third-order valence-corrected chi connectivity index (χ3v) is 4.28. The molecule has 2 aromatic rings. The van der Waals surface area contributed by atoms with E-state index in [0.717, 1.165) is 11.3 Å². The van der Waals surface area contributed by atoms with Crippen LogP contribution in [-0.4, -0.2) is 21.8 Å². The van der Waals surface area contributed by atoms with E-state index in [9.17, 15) is 4.79 Å². The average Bonchev–Trinajstić information content (AvgIpc) is 3.00. The second-order valence-electron chi connectivity index (χ2n) is 3.78. The van der Waals surface area contributed by atoms with Crippen molar-refractivity contribution in [2.24, 2.45) is 4.99 Å². The predicted octanol–water partition coefficient (Wildman–Crippen LogP) is 3.31. The standard InChI is InChI=1S/C12H8ClN3OS2/c13-8-3-1-7(2-4-8)9-5-18-11(14-9)16-12-15-10(17)6-19-12/h1-5H,6H2,(H,14,15,16,17). The number of thioether (sulfide) groups is 1. The Kier molecular flexibility index (Phi) is 3.54. The summed E-state index contributed by atoms with van der Waals surface area (Å²) < 4.78 is 0. The topological polar surface area (TPSA) is 54.4 Å². The van der Waals surface area contributed by atoms with Gasteiger partial charge in [0, 0.05) is 16.0 Å². The number of amidine groups is 1. The number of hydrogen-bond acceptors (Lipinski definition) is 5. The molecule has 0 unspecified atom stereocenters. The lowest BCUT2D eigenvalue weighted by Crippen LogP contribution is -2.19. The number of aromatic nitrogens is 1. The number of nitrogens with one attached hydrogen (secondary N) is 1. The summed E-state index contributed by atoms with van der Waals surface area (Å²) in [5.74, 6) is 0.409. The summed E-state index contributed by atoms with van der Waals surface area (Å²) >= 11 is 8.68. The molecule has 4 nitrogen and oxygen atoms in total. The minimum absolute atomic E-state index is 0.0155. The molecule has 1 aliphatic heterocycles. The Morgan fingerprint density at radius 2 is 2.11 bits per heavy atom. The van der Waals surface area contributed by atoms with Crippen molar-refractivity contribution >= 4 is 50.9 Å². The van der Waals surface area contributed by atoms with Crippen molar-refractivity contribution in [2.75, 3.05) is 5.75 Å². The number of rotatable bonds is 2. The summed E-state index contributed by atoms with van der Waals surface area (Å²) in [5.41, 5.74) is 1.85. The van der Waals surface area contributed by atoms with E-state index < -0.39 is 0 Å². The Morgan fingerprint density at radius 1 is 1.32 bits per heavy atom. The highest BCUT2D eigenvalue weighted by molar-refractivity contribution is 8.15. The number of amides is 1. The monoisotopic (exact) mass is 309 g/mol. The third kappa shape index (κ3) is 2.97. The predicted molar refractivity (Wildman–Crippen MR) is 80.3 cm³/mol. The summed E-state index contributed by atoms with van der Waals surface area (Å²) in [4.78, 5) is 19.8. The molecule has 0 spiro atoms. The van der Waals surface area contributed by atoms with Crippen LogP contribution in [-0.2, 0) is 4.79 Å². The van der Waals surface area contributed by atoms with Gasteiger partial charge in [-0.3, -0.25) is 4.79 Å². The molecule has 0 radical (unpaired) electrons. The molecule has 1 aromatic heterocycles. The molecular formula is C12H8ClN3OS2. The fraction of sp³-hybridized carbons (Fsp3) is 0.0833. The van der Waals surface area contributed by atoms with Gasteiger partial charge in [0.1, 0.15) is 0 Å². The molecular weight excluding hydrogens is 302 g/mol. The molecule has 96 valence electrons. The lowest BCUT2D eigenvalue weighted by atomic mass is 10.2. The van der Waals surface area contributed by atoms with Crippen LogP contribution in [0.1, 0.15) is 0 Å². The van der Waals surface area contributed by atoms with Crippen molar-refractivity contribution in [1.82, 2.24) is 10.3 Å². The number of carbonyl (C=O) groups is 1. The zero-order valence-electron chi connectivity index (χ0n) is 9.59. The second-order valence-corrected chi connectivity index (χ2v) is 6.01. The molecule has 0 saturated carbocycles. The smallest absolute Gasteiger partial charge is 0.236 e. The van der Waals surface area contributed by atoms with Gasteiger partial charge in [0.15, 0.2) is 5.17 Å². The Morgan fingerprint density at radius 3 is 2.79 bits per heavy atom. The van der Waals surface area contributed by atoms with Gasteiger partial charge in [-0.15, -0.1) is 11.3 Å². The Bertz CT molecular complexity index is 651. The van der Waals surface area contributed by atoms with Gasteiger partial charge in [0.25, 0.3) is 0 Å². The van der Waals surface area contributed by atoms with Gasteiger partial charge in [-0.1, -0.05) is 35.5 Å². The first-order valence-electron chi connectivity index (χ1n) is 5.43. The minimum atomic E-state index is -0.0155. The van der Waals surface area contributed by atoms with Crippen molar-refractivity contribution < 1.29 is 4.79 Å². The maximum atomic E-state index is 11.1. The van der Waals surface area contributed by atoms with Crippen LogP contribution in [0.5, 0.6) is 0 Å². The van der Waals surface area contributed by atoms with Crippen LogP contribution in [0.2, 0.25) is 5.02 Å². The molecule has 0 aliphatic carbocycles. The van der Waals surface area contributed by atoms with Crippen molar-refractivity contribution in [3.05, 3.63) is 34.7 Å². The van der Waals surface area contributed by atoms with E-state index in [4.69, 9.17) is 11.6 Å². The molecule has 0 bridgehead atoms. The average molecular weight is 310 g/mol. The van der Waals surface area contributed by atoms with E-state index in [1.54, 1.807) is 0 Å². The molecule has 1 aliphatic rings. The molecule has 7 heteroatoms. The maximum absolute atomic E-state index is 11.1. The number of hydrogen-bond donors (Lipinski definition) is 1. The molecule has 19 heavy (non-hydrogen) atoms. The largest absolute Gasteiger partial charge is 0.304 e. The van der Waals surface area contributed by atoms with Crippen molar-refractivity contribution in [1.29, 1.82) is 0 Å². The van der Waals surface area contributed by atoms with Crippen LogP contribution in [0.25, 0.3) is 11.3 Å². The van der Waals surface area contributed by atoms with Crippen LogP contribution in [0, 0.1) is 0 Å². The third-order valence-electron chi connectivity index (χ3n) is 2.42. The highest BCUT2D eigenvalue weighted by Gasteiger charge is 2.17. The highest BCUT2D eigenvalue weighted by atomic mass is 35.5. The number of aliphatic imine (C=N–C) groups is 1.